The maximum Gasteiger partial charge on any atom is 0.136 e. The summed E-state index contributed by atoms with van der Waals surface area (Å²) in [6, 6.07) is 44.6. The molecule has 1 heteroatoms. The highest BCUT2D eigenvalue weighted by Gasteiger charge is 2.27. The average Bonchev–Trinajstić information content (AvgIpc) is 3.57. The number of hydrogen-bond donors (Lipinski definition) is 0. The Labute approximate surface area is 322 Å². The summed E-state index contributed by atoms with van der Waals surface area (Å²) < 4.78 is 6.55. The van der Waals surface area contributed by atoms with Gasteiger partial charge >= 0.3 is 0 Å². The van der Waals surface area contributed by atoms with Crippen LogP contribution in [-0.4, -0.2) is 0 Å². The largest absolute Gasteiger partial charge is 0.456 e. The van der Waals surface area contributed by atoms with Gasteiger partial charge in [-0.15, -0.1) is 0 Å². The van der Waals surface area contributed by atoms with E-state index >= 15 is 0 Å². The molecule has 266 valence electrons. The Kier molecular flexibility index (Phi) is 7.39. The Morgan fingerprint density at radius 3 is 1.44 bits per heavy atom. The molecule has 0 saturated carbocycles. The molecule has 0 bridgehead atoms. The second-order valence-electron chi connectivity index (χ2n) is 15.9. The van der Waals surface area contributed by atoms with Crippen molar-refractivity contribution in [1.82, 2.24) is 0 Å². The van der Waals surface area contributed by atoms with E-state index in [-0.39, 0.29) is 0 Å². The van der Waals surface area contributed by atoms with Crippen molar-refractivity contribution < 1.29 is 4.42 Å². The number of fused-ring (bicyclic) bond motifs is 7. The Hall–Kier alpha value is -6.18. The highest BCUT2D eigenvalue weighted by Crippen LogP contribution is 2.52. The van der Waals surface area contributed by atoms with Crippen LogP contribution in [0.3, 0.4) is 0 Å². The first-order valence-corrected chi connectivity index (χ1v) is 19.5. The van der Waals surface area contributed by atoms with Gasteiger partial charge in [-0.1, -0.05) is 84.9 Å². The third-order valence-electron chi connectivity index (χ3n) is 13.2. The summed E-state index contributed by atoms with van der Waals surface area (Å²) in [5, 5.41) is 12.7. The van der Waals surface area contributed by atoms with Gasteiger partial charge in [-0.25, -0.2) is 0 Å². The predicted octanol–water partition coefficient (Wildman–Crippen LogP) is 15.7. The Bertz CT molecular complexity index is 3180. The van der Waals surface area contributed by atoms with Gasteiger partial charge in [0.05, 0.1) is 0 Å². The van der Waals surface area contributed by atoms with Crippen LogP contribution in [0.15, 0.2) is 126 Å². The number of rotatable bonds is 3. The van der Waals surface area contributed by atoms with Crippen LogP contribution in [-0.2, 0) is 0 Å². The quantitative estimate of drug-likeness (QED) is 0.167. The van der Waals surface area contributed by atoms with Crippen LogP contribution in [0.5, 0.6) is 0 Å². The van der Waals surface area contributed by atoms with Gasteiger partial charge in [-0.05, 0) is 213 Å². The van der Waals surface area contributed by atoms with E-state index in [0.29, 0.717) is 0 Å². The van der Waals surface area contributed by atoms with E-state index in [1.165, 1.54) is 121 Å². The monoisotopic (exact) mass is 708 g/mol. The lowest BCUT2D eigenvalue weighted by Gasteiger charge is -2.27. The second kappa shape index (κ2) is 12.2. The molecule has 1 aromatic heterocycles. The Balaban J connectivity index is 1.44. The average molecular weight is 709 g/mol. The normalized spacial score (nSPS) is 12.0. The molecule has 10 rings (SSSR count). The number of furan rings is 1. The first kappa shape index (κ1) is 33.4. The van der Waals surface area contributed by atoms with Crippen molar-refractivity contribution in [3.8, 4) is 33.4 Å². The lowest BCUT2D eigenvalue weighted by molar-refractivity contribution is 0.669. The molecule has 1 heterocycles. The second-order valence-corrected chi connectivity index (χ2v) is 15.9. The van der Waals surface area contributed by atoms with E-state index in [1.807, 2.05) is 0 Å². The van der Waals surface area contributed by atoms with Crippen LogP contribution in [0.4, 0.5) is 0 Å². The van der Waals surface area contributed by atoms with Crippen LogP contribution in [0, 0.1) is 55.4 Å². The zero-order chi connectivity index (χ0) is 37.9. The Morgan fingerprint density at radius 2 is 0.818 bits per heavy atom. The zero-order valence-electron chi connectivity index (χ0n) is 33.0. The van der Waals surface area contributed by atoms with Crippen LogP contribution >= 0.6 is 0 Å². The van der Waals surface area contributed by atoms with E-state index in [1.54, 1.807) is 0 Å². The molecule has 0 spiro atoms. The SMILES string of the molecule is Cc1c(C)c(C)c2c(-c3cc(-c4ccccc4)cc4ccccc34)c3c(C)c(C)c(C)c(C)c3c(-c3ccc4oc5cc6ccccc6cc5c4c3)c2c1C. The molecule has 0 aliphatic rings. The topological polar surface area (TPSA) is 13.1 Å². The maximum absolute atomic E-state index is 6.55. The molecule has 0 saturated heterocycles. The molecule has 9 aromatic carbocycles. The lowest BCUT2D eigenvalue weighted by Crippen LogP contribution is -2.04. The zero-order valence-corrected chi connectivity index (χ0v) is 33.0. The maximum atomic E-state index is 6.55. The number of aryl methyl sites for hydroxylation is 4. The molecule has 0 amide bonds. The first-order chi connectivity index (χ1) is 26.6. The van der Waals surface area contributed by atoms with Gasteiger partial charge in [-0.3, -0.25) is 0 Å². The summed E-state index contributed by atoms with van der Waals surface area (Å²) in [5.74, 6) is 0. The van der Waals surface area contributed by atoms with E-state index in [9.17, 15) is 0 Å². The molecule has 0 aliphatic carbocycles. The summed E-state index contributed by atoms with van der Waals surface area (Å²) in [6.07, 6.45) is 0. The van der Waals surface area contributed by atoms with Gasteiger partial charge in [0.15, 0.2) is 0 Å². The van der Waals surface area contributed by atoms with Crippen LogP contribution in [0.25, 0.3) is 98.4 Å². The third kappa shape index (κ3) is 4.79. The third-order valence-corrected chi connectivity index (χ3v) is 13.2. The summed E-state index contributed by atoms with van der Waals surface area (Å²) >= 11 is 0. The van der Waals surface area contributed by atoms with E-state index in [4.69, 9.17) is 4.42 Å². The first-order valence-electron chi connectivity index (χ1n) is 19.5. The van der Waals surface area contributed by atoms with Crippen molar-refractivity contribution in [2.45, 2.75) is 55.4 Å². The van der Waals surface area contributed by atoms with Crippen LogP contribution in [0.2, 0.25) is 0 Å². The van der Waals surface area contributed by atoms with Crippen LogP contribution < -0.4 is 0 Å². The van der Waals surface area contributed by atoms with Crippen molar-refractivity contribution in [2.24, 2.45) is 0 Å². The number of hydrogen-bond acceptors (Lipinski definition) is 1. The van der Waals surface area contributed by atoms with Gasteiger partial charge in [0.25, 0.3) is 0 Å². The van der Waals surface area contributed by atoms with Gasteiger partial charge in [0, 0.05) is 10.8 Å². The minimum Gasteiger partial charge on any atom is -0.456 e. The number of benzene rings is 9. The molecule has 0 fully saturated rings. The van der Waals surface area contributed by atoms with Crippen molar-refractivity contribution in [2.75, 3.05) is 0 Å². The molecule has 0 aliphatic heterocycles. The molecule has 0 atom stereocenters. The standard InChI is InChI=1S/C54H44O/c1-29-31(3)35(7)51-49(33(29)5)53(41-22-23-47-44(26-41)45-25-38-18-12-13-19-39(38)28-48(45)55-47)50-34(6)30(2)32(4)36(8)52(50)54(51)46-27-42(37-16-10-9-11-17-37)24-40-20-14-15-21-43(40)46/h9-28H,1-8H3. The molecule has 0 N–H and O–H groups in total. The fourth-order valence-corrected chi connectivity index (χ4v) is 9.62. The van der Waals surface area contributed by atoms with Gasteiger partial charge in [0.1, 0.15) is 11.2 Å². The lowest BCUT2D eigenvalue weighted by atomic mass is 9.76. The molecular weight excluding hydrogens is 665 g/mol. The molecular formula is C54H44O. The fourth-order valence-electron chi connectivity index (χ4n) is 9.62. The molecule has 0 unspecified atom stereocenters. The smallest absolute Gasteiger partial charge is 0.136 e. The van der Waals surface area contributed by atoms with Gasteiger partial charge in [-0.2, -0.15) is 0 Å². The van der Waals surface area contributed by atoms with Crippen molar-refractivity contribution in [3.63, 3.8) is 0 Å². The minimum absolute atomic E-state index is 0.920. The van der Waals surface area contributed by atoms with E-state index < -0.39 is 0 Å². The molecule has 10 aromatic rings. The highest BCUT2D eigenvalue weighted by molar-refractivity contribution is 6.28. The minimum atomic E-state index is 0.920. The summed E-state index contributed by atoms with van der Waals surface area (Å²) in [5.41, 5.74) is 20.3. The van der Waals surface area contributed by atoms with Crippen molar-refractivity contribution in [3.05, 3.63) is 166 Å². The highest BCUT2D eigenvalue weighted by atomic mass is 16.3. The van der Waals surface area contributed by atoms with Crippen molar-refractivity contribution in [1.29, 1.82) is 0 Å². The molecule has 1 nitrogen and oxygen atoms in total. The van der Waals surface area contributed by atoms with E-state index in [0.717, 1.165) is 21.9 Å². The summed E-state index contributed by atoms with van der Waals surface area (Å²) in [6.45, 7) is 18.7. The van der Waals surface area contributed by atoms with Crippen molar-refractivity contribution >= 4 is 65.0 Å². The van der Waals surface area contributed by atoms with Gasteiger partial charge < -0.3 is 4.42 Å². The molecule has 0 radical (unpaired) electrons. The van der Waals surface area contributed by atoms with E-state index in [2.05, 4.69) is 177 Å². The summed E-state index contributed by atoms with van der Waals surface area (Å²) in [4.78, 5) is 0. The fraction of sp³-hybridized carbons (Fsp3) is 0.148. The summed E-state index contributed by atoms with van der Waals surface area (Å²) in [7, 11) is 0. The van der Waals surface area contributed by atoms with Gasteiger partial charge in [0.2, 0.25) is 0 Å². The molecule has 55 heavy (non-hydrogen) atoms. The van der Waals surface area contributed by atoms with Crippen LogP contribution in [0.1, 0.15) is 44.5 Å². The Morgan fingerprint density at radius 1 is 0.309 bits per heavy atom. The predicted molar refractivity (Wildman–Crippen MR) is 238 cm³/mol.